The number of rotatable bonds is 4. The molecular formula is C27H26N4O3S2. The average Bonchev–Trinajstić information content (AvgIpc) is 3.43. The second-order valence-corrected chi connectivity index (χ2v) is 11.6. The Labute approximate surface area is 218 Å². The number of ether oxygens (including phenoxy) is 1. The maximum Gasteiger partial charge on any atom is 0.274 e. The van der Waals surface area contributed by atoms with Crippen molar-refractivity contribution in [1.82, 2.24) is 0 Å². The van der Waals surface area contributed by atoms with Crippen molar-refractivity contribution in [3.8, 4) is 5.75 Å². The molecule has 2 unspecified atom stereocenters. The van der Waals surface area contributed by atoms with Crippen molar-refractivity contribution in [2.24, 2.45) is 11.0 Å². The lowest BCUT2D eigenvalue weighted by molar-refractivity contribution is -0.110. The van der Waals surface area contributed by atoms with Gasteiger partial charge in [-0.3, -0.25) is 14.5 Å². The fourth-order valence-electron chi connectivity index (χ4n) is 5.06. The highest BCUT2D eigenvalue weighted by Crippen LogP contribution is 2.53. The molecule has 36 heavy (non-hydrogen) atoms. The molecule has 3 aliphatic rings. The highest BCUT2D eigenvalue weighted by Gasteiger charge is 2.57. The number of nitrogens with one attached hydrogen (secondary N) is 1. The van der Waals surface area contributed by atoms with Gasteiger partial charge in [-0.2, -0.15) is 5.10 Å². The van der Waals surface area contributed by atoms with Crippen molar-refractivity contribution in [2.45, 2.75) is 38.2 Å². The Morgan fingerprint density at radius 1 is 1.14 bits per heavy atom. The number of para-hydroxylation sites is 1. The number of thioether (sulfide) groups is 1. The lowest BCUT2D eigenvalue weighted by Gasteiger charge is -2.47. The van der Waals surface area contributed by atoms with E-state index >= 15 is 0 Å². The molecule has 0 saturated heterocycles. The van der Waals surface area contributed by atoms with E-state index in [0.29, 0.717) is 16.7 Å². The van der Waals surface area contributed by atoms with Crippen LogP contribution in [0.4, 0.5) is 16.4 Å². The Balaban J connectivity index is 1.56. The van der Waals surface area contributed by atoms with E-state index in [0.717, 1.165) is 46.8 Å². The van der Waals surface area contributed by atoms with E-state index in [9.17, 15) is 9.59 Å². The third-order valence-corrected chi connectivity index (χ3v) is 9.33. The van der Waals surface area contributed by atoms with Crippen LogP contribution in [0.1, 0.15) is 41.1 Å². The topological polar surface area (TPSA) is 74.2 Å². The smallest absolute Gasteiger partial charge is 0.274 e. The fourth-order valence-corrected chi connectivity index (χ4v) is 7.78. The largest absolute Gasteiger partial charge is 0.497 e. The summed E-state index contributed by atoms with van der Waals surface area (Å²) in [4.78, 5) is 30.1. The molecule has 1 aliphatic carbocycles. The van der Waals surface area contributed by atoms with E-state index in [2.05, 4.69) is 12.2 Å². The molecule has 0 saturated carbocycles. The summed E-state index contributed by atoms with van der Waals surface area (Å²) >= 11 is 2.93. The summed E-state index contributed by atoms with van der Waals surface area (Å²) in [7, 11) is 1.62. The van der Waals surface area contributed by atoms with E-state index in [4.69, 9.17) is 9.84 Å². The number of carbonyl (C=O) groups is 2. The first-order chi connectivity index (χ1) is 17.4. The molecule has 3 heterocycles. The third kappa shape index (κ3) is 3.52. The van der Waals surface area contributed by atoms with E-state index in [1.807, 2.05) is 54.6 Å². The van der Waals surface area contributed by atoms with Crippen LogP contribution >= 0.6 is 23.1 Å². The maximum atomic E-state index is 14.4. The SMILES string of the molecule is COc1ccc(N2N=C(C(C)=O)SC23Nc2sc4c(c2C(=O)N3c2ccccc2)CCC(C)C4)cc1. The number of nitrogens with zero attached hydrogens (tertiary/aromatic N) is 3. The number of methoxy groups -OCH3 is 1. The number of ketones is 1. The average molecular weight is 519 g/mol. The van der Waals surface area contributed by atoms with Crippen molar-refractivity contribution in [1.29, 1.82) is 0 Å². The minimum absolute atomic E-state index is 0.0759. The van der Waals surface area contributed by atoms with Crippen LogP contribution < -0.4 is 20.0 Å². The molecule has 2 aliphatic heterocycles. The molecule has 0 radical (unpaired) electrons. The zero-order chi connectivity index (χ0) is 25.0. The van der Waals surface area contributed by atoms with Crippen molar-refractivity contribution < 1.29 is 14.3 Å². The zero-order valence-corrected chi connectivity index (χ0v) is 21.9. The summed E-state index contributed by atoms with van der Waals surface area (Å²) in [6.07, 6.45) is 2.95. The zero-order valence-electron chi connectivity index (χ0n) is 20.3. The van der Waals surface area contributed by atoms with E-state index in [1.54, 1.807) is 28.4 Å². The number of thiophene rings is 1. The quantitative estimate of drug-likeness (QED) is 0.476. The summed E-state index contributed by atoms with van der Waals surface area (Å²) in [6, 6.07) is 17.1. The summed E-state index contributed by atoms with van der Waals surface area (Å²) in [5, 5.41) is 10.2. The summed E-state index contributed by atoms with van der Waals surface area (Å²) in [5.41, 5.74) is 3.38. The molecule has 1 spiro atoms. The van der Waals surface area contributed by atoms with Gasteiger partial charge in [-0.15, -0.1) is 11.3 Å². The number of anilines is 3. The number of hydrogen-bond donors (Lipinski definition) is 1. The summed E-state index contributed by atoms with van der Waals surface area (Å²) in [5.74, 6) is 1.08. The van der Waals surface area contributed by atoms with Crippen LogP contribution in [0.5, 0.6) is 5.75 Å². The lowest BCUT2D eigenvalue weighted by Crippen LogP contribution is -2.65. The van der Waals surface area contributed by atoms with Gasteiger partial charge in [-0.1, -0.05) is 25.1 Å². The van der Waals surface area contributed by atoms with Crippen LogP contribution in [0, 0.1) is 5.92 Å². The first-order valence-electron chi connectivity index (χ1n) is 12.0. The molecule has 0 bridgehead atoms. The molecule has 3 aromatic rings. The van der Waals surface area contributed by atoms with Gasteiger partial charge < -0.3 is 10.1 Å². The van der Waals surface area contributed by atoms with Gasteiger partial charge in [0.1, 0.15) is 10.8 Å². The van der Waals surface area contributed by atoms with Gasteiger partial charge in [0.25, 0.3) is 11.0 Å². The van der Waals surface area contributed by atoms with Crippen molar-refractivity contribution in [3.05, 3.63) is 70.6 Å². The van der Waals surface area contributed by atoms with Gasteiger partial charge in [0.05, 0.1) is 18.4 Å². The Bertz CT molecular complexity index is 1390. The predicted molar refractivity (Wildman–Crippen MR) is 146 cm³/mol. The number of fused-ring (bicyclic) bond motifs is 3. The normalized spacial score (nSPS) is 22.7. The second-order valence-electron chi connectivity index (χ2n) is 9.34. The van der Waals surface area contributed by atoms with Crippen LogP contribution in [-0.2, 0) is 17.6 Å². The molecular weight excluding hydrogens is 492 g/mol. The minimum Gasteiger partial charge on any atom is -0.497 e. The molecule has 2 aromatic carbocycles. The second kappa shape index (κ2) is 8.67. The predicted octanol–water partition coefficient (Wildman–Crippen LogP) is 5.72. The lowest BCUT2D eigenvalue weighted by atomic mass is 9.88. The Hall–Kier alpha value is -3.30. The molecule has 1 amide bonds. The Morgan fingerprint density at radius 3 is 2.58 bits per heavy atom. The Morgan fingerprint density at radius 2 is 1.89 bits per heavy atom. The van der Waals surface area contributed by atoms with Gasteiger partial charge in [-0.05, 0) is 78.9 Å². The van der Waals surface area contributed by atoms with E-state index in [1.165, 1.54) is 23.6 Å². The molecule has 0 fully saturated rings. The number of amides is 1. The van der Waals surface area contributed by atoms with E-state index < -0.39 is 5.12 Å². The van der Waals surface area contributed by atoms with Gasteiger partial charge in [0.2, 0.25) is 0 Å². The number of Topliss-reactive ketones (excluding diaryl/α,β-unsaturated/α-hetero) is 1. The van der Waals surface area contributed by atoms with Crippen LogP contribution in [-0.4, -0.2) is 29.0 Å². The van der Waals surface area contributed by atoms with Gasteiger partial charge in [0.15, 0.2) is 10.8 Å². The number of benzene rings is 2. The Kier molecular flexibility index (Phi) is 5.57. The van der Waals surface area contributed by atoms with Crippen molar-refractivity contribution in [3.63, 3.8) is 0 Å². The fraction of sp³-hybridized carbons (Fsp3) is 0.296. The molecule has 1 N–H and O–H groups in total. The van der Waals surface area contributed by atoms with Gasteiger partial charge >= 0.3 is 0 Å². The van der Waals surface area contributed by atoms with Crippen LogP contribution in [0.15, 0.2) is 59.7 Å². The number of hydrazone groups is 1. The van der Waals surface area contributed by atoms with E-state index in [-0.39, 0.29) is 11.7 Å². The molecule has 184 valence electrons. The maximum absolute atomic E-state index is 14.4. The molecule has 2 atom stereocenters. The van der Waals surface area contributed by atoms with Gasteiger partial charge in [-0.25, -0.2) is 5.01 Å². The van der Waals surface area contributed by atoms with Crippen molar-refractivity contribution in [2.75, 3.05) is 22.3 Å². The minimum atomic E-state index is -1.18. The first kappa shape index (κ1) is 23.1. The number of hydrogen-bond acceptors (Lipinski definition) is 8. The van der Waals surface area contributed by atoms with Crippen LogP contribution in [0.2, 0.25) is 0 Å². The third-order valence-electron chi connectivity index (χ3n) is 6.86. The highest BCUT2D eigenvalue weighted by molar-refractivity contribution is 8.17. The summed E-state index contributed by atoms with van der Waals surface area (Å²) < 4.78 is 5.35. The number of carbonyl (C=O) groups excluding carboxylic acids is 2. The molecule has 9 heteroatoms. The first-order valence-corrected chi connectivity index (χ1v) is 13.6. The van der Waals surface area contributed by atoms with Gasteiger partial charge in [0, 0.05) is 17.5 Å². The monoisotopic (exact) mass is 518 g/mol. The summed E-state index contributed by atoms with van der Waals surface area (Å²) in [6.45, 7) is 3.77. The van der Waals surface area contributed by atoms with Crippen LogP contribution in [0.25, 0.3) is 0 Å². The van der Waals surface area contributed by atoms with Crippen molar-refractivity contribution >= 4 is 56.2 Å². The standard InChI is InChI=1S/C27H26N4O3S2/c1-16-9-14-21-22(15-16)35-25-23(21)26(33)30(18-7-5-4-6-8-18)27(28-25)31(29-24(36-27)17(2)32)19-10-12-20(34-3)13-11-19/h4-8,10-13,16,28H,9,14-15H2,1-3H3. The molecule has 6 rings (SSSR count). The molecule has 1 aromatic heterocycles. The molecule has 7 nitrogen and oxygen atoms in total. The van der Waals surface area contributed by atoms with Crippen LogP contribution in [0.3, 0.4) is 0 Å². The highest BCUT2D eigenvalue weighted by atomic mass is 32.2.